The third-order valence-corrected chi connectivity index (χ3v) is 4.27. The van der Waals surface area contributed by atoms with E-state index in [1.54, 1.807) is 7.11 Å². The Morgan fingerprint density at radius 3 is 2.71 bits per heavy atom. The van der Waals surface area contributed by atoms with Gasteiger partial charge in [0.2, 0.25) is 0 Å². The number of methoxy groups -OCH3 is 1. The molecular weight excluding hydrogens is 262 g/mol. The zero-order valence-corrected chi connectivity index (χ0v) is 12.7. The molecule has 4 heteroatoms. The van der Waals surface area contributed by atoms with Gasteiger partial charge in [-0.15, -0.1) is 0 Å². The Hall–Kier alpha value is -1.81. The van der Waals surface area contributed by atoms with Gasteiger partial charge in [0.15, 0.2) is 0 Å². The minimum absolute atomic E-state index is 0.451. The van der Waals surface area contributed by atoms with Crippen LogP contribution in [-0.4, -0.2) is 29.0 Å². The van der Waals surface area contributed by atoms with E-state index in [-0.39, 0.29) is 0 Å². The van der Waals surface area contributed by atoms with E-state index in [0.717, 1.165) is 12.3 Å². The highest BCUT2D eigenvalue weighted by atomic mass is 16.5. The smallest absolute Gasteiger partial charge is 0.118 e. The lowest BCUT2D eigenvalue weighted by Crippen LogP contribution is -2.45. The van der Waals surface area contributed by atoms with Gasteiger partial charge in [0, 0.05) is 24.5 Å². The fraction of sp³-hybridized carbons (Fsp3) is 0.471. The van der Waals surface area contributed by atoms with Crippen LogP contribution in [0.3, 0.4) is 0 Å². The summed E-state index contributed by atoms with van der Waals surface area (Å²) in [6.45, 7) is 3.15. The van der Waals surface area contributed by atoms with Gasteiger partial charge >= 0.3 is 0 Å². The number of hydrogen-bond donors (Lipinski definition) is 1. The van der Waals surface area contributed by atoms with Crippen molar-refractivity contribution in [1.29, 1.82) is 0 Å². The second-order valence-electron chi connectivity index (χ2n) is 5.93. The van der Waals surface area contributed by atoms with Crippen molar-refractivity contribution in [3.8, 4) is 5.75 Å². The molecule has 0 spiro atoms. The van der Waals surface area contributed by atoms with Crippen LogP contribution in [0.15, 0.2) is 42.7 Å². The summed E-state index contributed by atoms with van der Waals surface area (Å²) in [7, 11) is 1.71. The number of aromatic nitrogens is 2. The summed E-state index contributed by atoms with van der Waals surface area (Å²) in [6, 6.07) is 11.5. The summed E-state index contributed by atoms with van der Waals surface area (Å²) in [4.78, 5) is 0. The van der Waals surface area contributed by atoms with E-state index in [4.69, 9.17) is 4.74 Å². The van der Waals surface area contributed by atoms with Gasteiger partial charge < -0.3 is 10.1 Å². The molecule has 0 amide bonds. The number of nitrogens with one attached hydrogen (secondary N) is 1. The van der Waals surface area contributed by atoms with Crippen molar-refractivity contribution in [1.82, 2.24) is 15.1 Å². The largest absolute Gasteiger partial charge is 0.497 e. The van der Waals surface area contributed by atoms with Crippen molar-refractivity contribution in [2.45, 2.75) is 44.3 Å². The molecular formula is C17H23N3O. The minimum atomic E-state index is 0.451. The summed E-state index contributed by atoms with van der Waals surface area (Å²) in [5, 5.41) is 7.94. The van der Waals surface area contributed by atoms with Crippen LogP contribution in [0, 0.1) is 0 Å². The zero-order chi connectivity index (χ0) is 14.7. The highest BCUT2D eigenvalue weighted by Crippen LogP contribution is 2.37. The SMILES string of the molecule is COc1ccc(C2CC(NC(C)Cn3cccn3)C2)cc1. The lowest BCUT2D eigenvalue weighted by Gasteiger charge is -2.38. The van der Waals surface area contributed by atoms with Gasteiger partial charge in [-0.1, -0.05) is 12.1 Å². The predicted octanol–water partition coefficient (Wildman–Crippen LogP) is 2.82. The number of hydrogen-bond acceptors (Lipinski definition) is 3. The van der Waals surface area contributed by atoms with Gasteiger partial charge in [-0.3, -0.25) is 4.68 Å². The second-order valence-corrected chi connectivity index (χ2v) is 5.93. The molecule has 21 heavy (non-hydrogen) atoms. The quantitative estimate of drug-likeness (QED) is 0.887. The van der Waals surface area contributed by atoms with E-state index >= 15 is 0 Å². The first kappa shape index (κ1) is 14.1. The van der Waals surface area contributed by atoms with Crippen LogP contribution in [0.2, 0.25) is 0 Å². The van der Waals surface area contributed by atoms with Crippen LogP contribution in [0.25, 0.3) is 0 Å². The molecule has 1 unspecified atom stereocenters. The molecule has 0 saturated heterocycles. The molecule has 1 N–H and O–H groups in total. The van der Waals surface area contributed by atoms with E-state index in [1.807, 2.05) is 23.1 Å². The van der Waals surface area contributed by atoms with Crippen LogP contribution < -0.4 is 10.1 Å². The summed E-state index contributed by atoms with van der Waals surface area (Å²) in [5.74, 6) is 1.62. The van der Waals surface area contributed by atoms with Gasteiger partial charge in [-0.05, 0) is 49.4 Å². The summed E-state index contributed by atoms with van der Waals surface area (Å²) >= 11 is 0. The molecule has 1 aromatic heterocycles. The Morgan fingerprint density at radius 2 is 2.10 bits per heavy atom. The molecule has 1 aliphatic carbocycles. The zero-order valence-electron chi connectivity index (χ0n) is 12.7. The normalized spacial score (nSPS) is 22.6. The van der Waals surface area contributed by atoms with Gasteiger partial charge in [-0.2, -0.15) is 5.10 Å². The molecule has 112 valence electrons. The topological polar surface area (TPSA) is 39.1 Å². The van der Waals surface area contributed by atoms with Crippen LogP contribution >= 0.6 is 0 Å². The Labute approximate surface area is 126 Å². The predicted molar refractivity (Wildman–Crippen MR) is 83.6 cm³/mol. The van der Waals surface area contributed by atoms with Crippen LogP contribution in [-0.2, 0) is 6.54 Å². The average Bonchev–Trinajstić information content (AvgIpc) is 2.95. The van der Waals surface area contributed by atoms with Crippen LogP contribution in [0.1, 0.15) is 31.2 Å². The number of nitrogens with zero attached hydrogens (tertiary/aromatic N) is 2. The monoisotopic (exact) mass is 285 g/mol. The molecule has 1 aliphatic rings. The maximum atomic E-state index is 5.20. The second kappa shape index (κ2) is 6.31. The molecule has 1 fully saturated rings. The van der Waals surface area contributed by atoms with Crippen molar-refractivity contribution in [3.05, 3.63) is 48.3 Å². The van der Waals surface area contributed by atoms with Crippen molar-refractivity contribution >= 4 is 0 Å². The molecule has 1 atom stereocenters. The standard InChI is InChI=1S/C17H23N3O/c1-13(12-20-9-3-8-18-20)19-16-10-15(11-16)14-4-6-17(21-2)7-5-14/h3-9,13,15-16,19H,10-12H2,1-2H3. The van der Waals surface area contributed by atoms with E-state index < -0.39 is 0 Å². The third kappa shape index (κ3) is 3.45. The lowest BCUT2D eigenvalue weighted by atomic mass is 9.75. The minimum Gasteiger partial charge on any atom is -0.497 e. The van der Waals surface area contributed by atoms with Crippen LogP contribution in [0.5, 0.6) is 5.75 Å². The molecule has 1 heterocycles. The number of ether oxygens (including phenoxy) is 1. The van der Waals surface area contributed by atoms with E-state index in [9.17, 15) is 0 Å². The lowest BCUT2D eigenvalue weighted by molar-refractivity contribution is 0.258. The summed E-state index contributed by atoms with van der Waals surface area (Å²) in [5.41, 5.74) is 1.42. The fourth-order valence-electron chi connectivity index (χ4n) is 3.05. The molecule has 4 nitrogen and oxygen atoms in total. The van der Waals surface area contributed by atoms with Crippen molar-refractivity contribution in [3.63, 3.8) is 0 Å². The molecule has 1 aromatic carbocycles. The maximum absolute atomic E-state index is 5.20. The van der Waals surface area contributed by atoms with Crippen LogP contribution in [0.4, 0.5) is 0 Å². The van der Waals surface area contributed by atoms with Crippen molar-refractivity contribution < 1.29 is 4.74 Å². The molecule has 3 rings (SSSR count). The first-order chi connectivity index (χ1) is 10.2. The first-order valence-electron chi connectivity index (χ1n) is 7.62. The fourth-order valence-corrected chi connectivity index (χ4v) is 3.05. The van der Waals surface area contributed by atoms with Crippen molar-refractivity contribution in [2.75, 3.05) is 7.11 Å². The van der Waals surface area contributed by atoms with Gasteiger partial charge in [-0.25, -0.2) is 0 Å². The Balaban J connectivity index is 1.44. The highest BCUT2D eigenvalue weighted by Gasteiger charge is 2.30. The Bertz CT molecular complexity index is 544. The molecule has 0 bridgehead atoms. The van der Waals surface area contributed by atoms with E-state index in [2.05, 4.69) is 41.6 Å². The molecule has 0 aliphatic heterocycles. The maximum Gasteiger partial charge on any atom is 0.118 e. The van der Waals surface area contributed by atoms with Gasteiger partial charge in [0.25, 0.3) is 0 Å². The first-order valence-corrected chi connectivity index (χ1v) is 7.62. The summed E-state index contributed by atoms with van der Waals surface area (Å²) in [6.07, 6.45) is 6.28. The van der Waals surface area contributed by atoms with E-state index in [1.165, 1.54) is 18.4 Å². The highest BCUT2D eigenvalue weighted by molar-refractivity contribution is 5.30. The Kier molecular flexibility index (Phi) is 4.25. The number of benzene rings is 1. The molecule has 1 saturated carbocycles. The number of rotatable bonds is 6. The van der Waals surface area contributed by atoms with Gasteiger partial charge in [0.05, 0.1) is 13.7 Å². The summed E-state index contributed by atoms with van der Waals surface area (Å²) < 4.78 is 7.19. The molecule has 2 aromatic rings. The van der Waals surface area contributed by atoms with E-state index in [0.29, 0.717) is 18.0 Å². The Morgan fingerprint density at radius 1 is 1.33 bits per heavy atom. The van der Waals surface area contributed by atoms with Gasteiger partial charge in [0.1, 0.15) is 5.75 Å². The van der Waals surface area contributed by atoms with Crippen molar-refractivity contribution in [2.24, 2.45) is 0 Å². The molecule has 0 radical (unpaired) electrons. The average molecular weight is 285 g/mol. The third-order valence-electron chi connectivity index (χ3n) is 4.27.